The molecule has 0 radical (unpaired) electrons. The summed E-state index contributed by atoms with van der Waals surface area (Å²) in [4.78, 5) is 28.8. The number of benzene rings is 2. The van der Waals surface area contributed by atoms with Crippen molar-refractivity contribution < 1.29 is 19.1 Å². The highest BCUT2D eigenvalue weighted by atomic mass is 16.5. The predicted octanol–water partition coefficient (Wildman–Crippen LogP) is 3.86. The van der Waals surface area contributed by atoms with Gasteiger partial charge in [0.25, 0.3) is 5.91 Å². The van der Waals surface area contributed by atoms with Gasteiger partial charge in [0.1, 0.15) is 6.61 Å². The van der Waals surface area contributed by atoms with Crippen LogP contribution < -0.4 is 19.7 Å². The summed E-state index contributed by atoms with van der Waals surface area (Å²) in [5.41, 5.74) is 2.33. The number of likely N-dealkylation sites (N-methyl/N-ethyl adjacent to an activating group) is 1. The fourth-order valence-electron chi connectivity index (χ4n) is 3.92. The number of ether oxygens (including phenoxy) is 2. The molecule has 2 aromatic carbocycles. The highest BCUT2D eigenvalue weighted by Crippen LogP contribution is 2.28. The lowest BCUT2D eigenvalue weighted by molar-refractivity contribution is -0.119. The number of nitrogens with zero attached hydrogens (tertiary/aromatic N) is 2. The Bertz CT molecular complexity index is 926. The maximum atomic E-state index is 12.6. The third-order valence-electron chi connectivity index (χ3n) is 6.01. The van der Waals surface area contributed by atoms with E-state index in [9.17, 15) is 9.59 Å². The SMILES string of the molecule is CCN(CC)CCOc1ccc(CNC(=O)c2ccc(N3CCCCC3=O)cc2)cc1OC. The van der Waals surface area contributed by atoms with Gasteiger partial charge in [-0.15, -0.1) is 0 Å². The summed E-state index contributed by atoms with van der Waals surface area (Å²) in [6.45, 7) is 8.83. The second kappa shape index (κ2) is 12.3. The van der Waals surface area contributed by atoms with Gasteiger partial charge in [0, 0.05) is 37.3 Å². The van der Waals surface area contributed by atoms with Gasteiger partial charge >= 0.3 is 0 Å². The molecular weight excluding hydrogens is 418 g/mol. The van der Waals surface area contributed by atoms with Crippen LogP contribution in [0.15, 0.2) is 42.5 Å². The Morgan fingerprint density at radius 3 is 2.48 bits per heavy atom. The fourth-order valence-corrected chi connectivity index (χ4v) is 3.92. The summed E-state index contributed by atoms with van der Waals surface area (Å²) in [6.07, 6.45) is 2.55. The van der Waals surface area contributed by atoms with Crippen LogP contribution in [-0.2, 0) is 11.3 Å². The van der Waals surface area contributed by atoms with E-state index in [2.05, 4.69) is 24.1 Å². The van der Waals surface area contributed by atoms with Gasteiger partial charge in [0.2, 0.25) is 5.91 Å². The fraction of sp³-hybridized carbons (Fsp3) is 0.462. The van der Waals surface area contributed by atoms with Crippen LogP contribution in [0.2, 0.25) is 0 Å². The van der Waals surface area contributed by atoms with Crippen LogP contribution in [0.5, 0.6) is 11.5 Å². The Morgan fingerprint density at radius 2 is 1.82 bits per heavy atom. The zero-order chi connectivity index (χ0) is 23.6. The minimum atomic E-state index is -0.162. The van der Waals surface area contributed by atoms with E-state index in [1.54, 1.807) is 24.1 Å². The van der Waals surface area contributed by atoms with Crippen molar-refractivity contribution in [2.24, 2.45) is 0 Å². The molecule has 3 rings (SSSR count). The summed E-state index contributed by atoms with van der Waals surface area (Å²) in [7, 11) is 1.61. The van der Waals surface area contributed by atoms with Gasteiger partial charge in [-0.05, 0) is 67.9 Å². The molecule has 0 aliphatic carbocycles. The number of hydrogen-bond donors (Lipinski definition) is 1. The number of carbonyl (C=O) groups excluding carboxylic acids is 2. The average molecular weight is 454 g/mol. The quantitative estimate of drug-likeness (QED) is 0.559. The van der Waals surface area contributed by atoms with Crippen molar-refractivity contribution in [1.82, 2.24) is 10.2 Å². The number of nitrogens with one attached hydrogen (secondary N) is 1. The largest absolute Gasteiger partial charge is 0.493 e. The van der Waals surface area contributed by atoms with Crippen molar-refractivity contribution in [3.8, 4) is 11.5 Å². The molecule has 0 bridgehead atoms. The molecule has 0 unspecified atom stereocenters. The number of methoxy groups -OCH3 is 1. The van der Waals surface area contributed by atoms with Gasteiger partial charge in [-0.2, -0.15) is 0 Å². The summed E-state index contributed by atoms with van der Waals surface area (Å²) in [5.74, 6) is 1.33. The lowest BCUT2D eigenvalue weighted by atomic mass is 10.1. The van der Waals surface area contributed by atoms with E-state index in [1.165, 1.54) is 0 Å². The van der Waals surface area contributed by atoms with Crippen molar-refractivity contribution in [3.63, 3.8) is 0 Å². The molecule has 2 aromatic rings. The molecule has 7 nitrogen and oxygen atoms in total. The molecule has 0 atom stereocenters. The smallest absolute Gasteiger partial charge is 0.251 e. The van der Waals surface area contributed by atoms with Crippen LogP contribution in [0.25, 0.3) is 0 Å². The zero-order valence-electron chi connectivity index (χ0n) is 19.9. The molecule has 1 aliphatic heterocycles. The second-order valence-corrected chi connectivity index (χ2v) is 8.09. The maximum Gasteiger partial charge on any atom is 0.251 e. The Balaban J connectivity index is 1.54. The predicted molar refractivity (Wildman–Crippen MR) is 130 cm³/mol. The van der Waals surface area contributed by atoms with Crippen molar-refractivity contribution >= 4 is 17.5 Å². The van der Waals surface area contributed by atoms with E-state index >= 15 is 0 Å². The van der Waals surface area contributed by atoms with E-state index in [0.717, 1.165) is 50.3 Å². The van der Waals surface area contributed by atoms with Crippen LogP contribution in [-0.4, -0.2) is 56.6 Å². The minimum absolute atomic E-state index is 0.146. The van der Waals surface area contributed by atoms with E-state index in [0.29, 0.717) is 36.6 Å². The lowest BCUT2D eigenvalue weighted by Crippen LogP contribution is -2.35. The third kappa shape index (κ3) is 6.71. The summed E-state index contributed by atoms with van der Waals surface area (Å²) < 4.78 is 11.4. The van der Waals surface area contributed by atoms with Crippen LogP contribution in [0.4, 0.5) is 5.69 Å². The van der Waals surface area contributed by atoms with Gasteiger partial charge in [-0.1, -0.05) is 19.9 Å². The molecule has 33 heavy (non-hydrogen) atoms. The first-order valence-electron chi connectivity index (χ1n) is 11.8. The Morgan fingerprint density at radius 1 is 1.06 bits per heavy atom. The standard InChI is InChI=1S/C26H35N3O4/c1-4-28(5-2)16-17-33-23-14-9-20(18-24(23)32-3)19-27-26(31)21-10-12-22(13-11-21)29-15-7-6-8-25(29)30/h9-14,18H,4-8,15-17,19H2,1-3H3,(H,27,31). The van der Waals surface area contributed by atoms with Crippen LogP contribution in [0.3, 0.4) is 0 Å². The topological polar surface area (TPSA) is 71.1 Å². The van der Waals surface area contributed by atoms with E-state index in [4.69, 9.17) is 9.47 Å². The molecule has 178 valence electrons. The Labute approximate surface area is 196 Å². The van der Waals surface area contributed by atoms with Gasteiger partial charge in [-0.25, -0.2) is 0 Å². The number of carbonyl (C=O) groups is 2. The van der Waals surface area contributed by atoms with Crippen molar-refractivity contribution in [1.29, 1.82) is 0 Å². The molecule has 1 aliphatic rings. The van der Waals surface area contributed by atoms with Crippen LogP contribution in [0, 0.1) is 0 Å². The second-order valence-electron chi connectivity index (χ2n) is 8.09. The number of piperidine rings is 1. The number of anilines is 1. The molecule has 0 saturated carbocycles. The molecule has 1 heterocycles. The first kappa shape index (κ1) is 24.6. The number of rotatable bonds is 11. The van der Waals surface area contributed by atoms with Crippen molar-refractivity contribution in [2.45, 2.75) is 39.7 Å². The summed E-state index contributed by atoms with van der Waals surface area (Å²) >= 11 is 0. The normalized spacial score (nSPS) is 13.8. The van der Waals surface area contributed by atoms with Crippen LogP contribution in [0.1, 0.15) is 49.0 Å². The molecule has 1 N–H and O–H groups in total. The van der Waals surface area contributed by atoms with Gasteiger partial charge < -0.3 is 24.6 Å². The summed E-state index contributed by atoms with van der Waals surface area (Å²) in [6, 6.07) is 12.9. The van der Waals surface area contributed by atoms with Crippen molar-refractivity contribution in [3.05, 3.63) is 53.6 Å². The van der Waals surface area contributed by atoms with Gasteiger partial charge in [-0.3, -0.25) is 9.59 Å². The minimum Gasteiger partial charge on any atom is -0.493 e. The summed E-state index contributed by atoms with van der Waals surface area (Å²) in [5, 5.41) is 2.94. The molecular formula is C26H35N3O4. The molecule has 2 amide bonds. The highest BCUT2D eigenvalue weighted by molar-refractivity contribution is 5.96. The number of hydrogen-bond acceptors (Lipinski definition) is 5. The van der Waals surface area contributed by atoms with E-state index < -0.39 is 0 Å². The monoisotopic (exact) mass is 453 g/mol. The average Bonchev–Trinajstić information content (AvgIpc) is 2.86. The lowest BCUT2D eigenvalue weighted by Gasteiger charge is -2.26. The Hall–Kier alpha value is -3.06. The van der Waals surface area contributed by atoms with E-state index in [-0.39, 0.29) is 11.8 Å². The Kier molecular flexibility index (Phi) is 9.13. The first-order valence-corrected chi connectivity index (χ1v) is 11.8. The molecule has 1 saturated heterocycles. The van der Waals surface area contributed by atoms with Gasteiger partial charge in [0.05, 0.1) is 7.11 Å². The molecule has 0 aromatic heterocycles. The van der Waals surface area contributed by atoms with E-state index in [1.807, 2.05) is 30.3 Å². The molecule has 7 heteroatoms. The number of amides is 2. The maximum absolute atomic E-state index is 12.6. The molecule has 0 spiro atoms. The zero-order valence-corrected chi connectivity index (χ0v) is 19.9. The molecule has 1 fully saturated rings. The van der Waals surface area contributed by atoms with Gasteiger partial charge in [0.15, 0.2) is 11.5 Å². The third-order valence-corrected chi connectivity index (χ3v) is 6.01. The van der Waals surface area contributed by atoms with Crippen molar-refractivity contribution in [2.75, 3.05) is 44.8 Å². The first-order chi connectivity index (χ1) is 16.0. The highest BCUT2D eigenvalue weighted by Gasteiger charge is 2.19. The van der Waals surface area contributed by atoms with Crippen LogP contribution >= 0.6 is 0 Å².